The third-order valence-electron chi connectivity index (χ3n) is 6.55. The largest absolute Gasteiger partial charge is 0.342 e. The fourth-order valence-electron chi connectivity index (χ4n) is 4.76. The molecule has 3 aliphatic heterocycles. The Hall–Kier alpha value is -2.09. The van der Waals surface area contributed by atoms with E-state index in [2.05, 4.69) is 0 Å². The fourth-order valence-corrected chi connectivity index (χ4v) is 6.33. The van der Waals surface area contributed by atoms with Gasteiger partial charge in [-0.2, -0.15) is 0 Å². The predicted molar refractivity (Wildman–Crippen MR) is 116 cm³/mol. The molecule has 0 spiro atoms. The van der Waals surface area contributed by atoms with Gasteiger partial charge in [0.1, 0.15) is 0 Å². The Balaban J connectivity index is 1.33. The summed E-state index contributed by atoms with van der Waals surface area (Å²) in [7, 11) is -3.22. The van der Waals surface area contributed by atoms with Crippen LogP contribution in [0.15, 0.2) is 24.3 Å². The summed E-state index contributed by atoms with van der Waals surface area (Å²) in [6.07, 6.45) is 6.67. The Kier molecular flexibility index (Phi) is 6.32. The lowest BCUT2D eigenvalue weighted by Crippen LogP contribution is -2.44. The number of piperidine rings is 1. The maximum atomic E-state index is 12.9. The highest BCUT2D eigenvalue weighted by atomic mass is 32.2. The van der Waals surface area contributed by atoms with Gasteiger partial charge in [-0.3, -0.25) is 13.9 Å². The van der Waals surface area contributed by atoms with Crippen LogP contribution < -0.4 is 4.31 Å². The predicted octanol–water partition coefficient (Wildman–Crippen LogP) is 2.48. The summed E-state index contributed by atoms with van der Waals surface area (Å²) in [5, 5.41) is 0. The van der Waals surface area contributed by atoms with Crippen molar-refractivity contribution in [2.24, 2.45) is 5.92 Å². The Labute approximate surface area is 179 Å². The van der Waals surface area contributed by atoms with Gasteiger partial charge in [0.15, 0.2) is 0 Å². The fraction of sp³-hybridized carbons (Fsp3) is 0.636. The van der Waals surface area contributed by atoms with E-state index in [1.54, 1.807) is 24.3 Å². The first-order chi connectivity index (χ1) is 14.5. The number of carbonyl (C=O) groups excluding carboxylic acids is 2. The highest BCUT2D eigenvalue weighted by Crippen LogP contribution is 2.26. The van der Waals surface area contributed by atoms with Crippen LogP contribution in [0.25, 0.3) is 0 Å². The number of likely N-dealkylation sites (tertiary alicyclic amines) is 2. The van der Waals surface area contributed by atoms with Crippen molar-refractivity contribution in [2.75, 3.05) is 42.8 Å². The van der Waals surface area contributed by atoms with E-state index in [1.807, 2.05) is 9.80 Å². The van der Waals surface area contributed by atoms with Gasteiger partial charge < -0.3 is 9.80 Å². The van der Waals surface area contributed by atoms with E-state index >= 15 is 0 Å². The van der Waals surface area contributed by atoms with Crippen LogP contribution in [0.1, 0.15) is 55.3 Å². The number of carbonyl (C=O) groups is 2. The second-order valence-corrected chi connectivity index (χ2v) is 10.6. The summed E-state index contributed by atoms with van der Waals surface area (Å²) in [6, 6.07) is 6.84. The van der Waals surface area contributed by atoms with E-state index in [0.29, 0.717) is 50.1 Å². The minimum absolute atomic E-state index is 0.0231. The number of sulfonamides is 1. The van der Waals surface area contributed by atoms with E-state index in [-0.39, 0.29) is 23.5 Å². The molecule has 3 fully saturated rings. The van der Waals surface area contributed by atoms with E-state index in [1.165, 1.54) is 17.1 Å². The van der Waals surface area contributed by atoms with Crippen molar-refractivity contribution in [3.63, 3.8) is 0 Å². The molecule has 0 aromatic heterocycles. The lowest BCUT2D eigenvalue weighted by molar-refractivity contribution is -0.136. The molecule has 0 radical (unpaired) electrons. The third kappa shape index (κ3) is 4.48. The molecule has 2 amide bonds. The second-order valence-electron chi connectivity index (χ2n) is 8.59. The monoisotopic (exact) mass is 433 g/mol. The van der Waals surface area contributed by atoms with Gasteiger partial charge in [0.05, 0.1) is 11.4 Å². The van der Waals surface area contributed by atoms with Crippen molar-refractivity contribution in [2.45, 2.75) is 44.9 Å². The first kappa shape index (κ1) is 21.2. The summed E-state index contributed by atoms with van der Waals surface area (Å²) in [4.78, 5) is 29.6. The van der Waals surface area contributed by atoms with Crippen LogP contribution in [0, 0.1) is 5.92 Å². The van der Waals surface area contributed by atoms with Gasteiger partial charge in [-0.25, -0.2) is 8.42 Å². The number of nitrogens with zero attached hydrogens (tertiary/aromatic N) is 3. The maximum Gasteiger partial charge on any atom is 0.253 e. The normalized spacial score (nSPS) is 22.7. The maximum absolute atomic E-state index is 12.9. The number of rotatable bonds is 3. The average molecular weight is 434 g/mol. The van der Waals surface area contributed by atoms with Crippen molar-refractivity contribution in [3.05, 3.63) is 29.8 Å². The summed E-state index contributed by atoms with van der Waals surface area (Å²) in [5.41, 5.74) is 1.18. The summed E-state index contributed by atoms with van der Waals surface area (Å²) in [5.74, 6) is 0.417. The first-order valence-electron chi connectivity index (χ1n) is 11.1. The van der Waals surface area contributed by atoms with E-state index in [9.17, 15) is 18.0 Å². The molecular weight excluding hydrogens is 402 g/mol. The Morgan fingerprint density at radius 2 is 1.40 bits per heavy atom. The van der Waals surface area contributed by atoms with Gasteiger partial charge in [0, 0.05) is 44.2 Å². The van der Waals surface area contributed by atoms with E-state index < -0.39 is 10.0 Å². The molecule has 4 rings (SSSR count). The standard InChI is InChI=1S/C22H31N3O4S/c26-21(18-6-8-20(9-7-18)25-14-5-17-30(25,28)29)24-15-10-19(11-16-24)22(27)23-12-3-1-2-4-13-23/h6-9,19H,1-5,10-17H2. The zero-order valence-electron chi connectivity index (χ0n) is 17.5. The molecule has 0 saturated carbocycles. The van der Waals surface area contributed by atoms with Crippen LogP contribution in [-0.2, 0) is 14.8 Å². The summed E-state index contributed by atoms with van der Waals surface area (Å²) in [6.45, 7) is 3.42. The van der Waals surface area contributed by atoms with Gasteiger partial charge >= 0.3 is 0 Å². The second kappa shape index (κ2) is 8.96. The smallest absolute Gasteiger partial charge is 0.253 e. The highest BCUT2D eigenvalue weighted by molar-refractivity contribution is 7.93. The molecule has 0 N–H and O–H groups in total. The van der Waals surface area contributed by atoms with Crippen molar-refractivity contribution >= 4 is 27.5 Å². The number of benzene rings is 1. The first-order valence-corrected chi connectivity index (χ1v) is 12.8. The zero-order chi connectivity index (χ0) is 21.1. The van der Waals surface area contributed by atoms with Crippen molar-refractivity contribution < 1.29 is 18.0 Å². The van der Waals surface area contributed by atoms with Crippen molar-refractivity contribution in [3.8, 4) is 0 Å². The summed E-state index contributed by atoms with van der Waals surface area (Å²) >= 11 is 0. The molecule has 8 heteroatoms. The van der Waals surface area contributed by atoms with Crippen molar-refractivity contribution in [1.82, 2.24) is 9.80 Å². The average Bonchev–Trinajstić information content (AvgIpc) is 2.95. The van der Waals surface area contributed by atoms with Crippen LogP contribution in [0.5, 0.6) is 0 Å². The highest BCUT2D eigenvalue weighted by Gasteiger charge is 2.31. The van der Waals surface area contributed by atoms with Gasteiger partial charge in [0.2, 0.25) is 15.9 Å². The third-order valence-corrected chi connectivity index (χ3v) is 8.42. The molecule has 7 nitrogen and oxygen atoms in total. The number of hydrogen-bond acceptors (Lipinski definition) is 4. The molecule has 1 aromatic carbocycles. The SMILES string of the molecule is O=C(c1ccc(N2CCCS2(=O)=O)cc1)N1CCC(C(=O)N2CCCCCC2)CC1. The molecular formula is C22H31N3O4S. The zero-order valence-corrected chi connectivity index (χ0v) is 18.3. The minimum Gasteiger partial charge on any atom is -0.342 e. The molecule has 1 aromatic rings. The van der Waals surface area contributed by atoms with Crippen molar-refractivity contribution in [1.29, 1.82) is 0 Å². The molecule has 3 aliphatic rings. The lowest BCUT2D eigenvalue weighted by Gasteiger charge is -2.34. The molecule has 0 atom stereocenters. The molecule has 0 bridgehead atoms. The van der Waals surface area contributed by atoms with Gasteiger partial charge in [0.25, 0.3) is 5.91 Å². The quantitative estimate of drug-likeness (QED) is 0.734. The van der Waals surface area contributed by atoms with Gasteiger partial charge in [-0.05, 0) is 56.4 Å². The molecule has 0 aliphatic carbocycles. The molecule has 3 heterocycles. The number of amides is 2. The molecule has 164 valence electrons. The lowest BCUT2D eigenvalue weighted by atomic mass is 9.94. The van der Waals surface area contributed by atoms with Crippen LogP contribution in [0.3, 0.4) is 0 Å². The molecule has 30 heavy (non-hydrogen) atoms. The van der Waals surface area contributed by atoms with Gasteiger partial charge in [-0.1, -0.05) is 12.8 Å². The van der Waals surface area contributed by atoms with Crippen LogP contribution in [-0.4, -0.2) is 68.5 Å². The number of hydrogen-bond donors (Lipinski definition) is 0. The Bertz CT molecular complexity index is 868. The van der Waals surface area contributed by atoms with Crippen LogP contribution in [0.2, 0.25) is 0 Å². The molecule has 3 saturated heterocycles. The Morgan fingerprint density at radius 1 is 0.767 bits per heavy atom. The van der Waals surface area contributed by atoms with Gasteiger partial charge in [-0.15, -0.1) is 0 Å². The number of anilines is 1. The van der Waals surface area contributed by atoms with E-state index in [4.69, 9.17) is 0 Å². The van der Waals surface area contributed by atoms with E-state index in [0.717, 1.165) is 25.9 Å². The minimum atomic E-state index is -3.22. The summed E-state index contributed by atoms with van der Waals surface area (Å²) < 4.78 is 25.6. The van der Waals surface area contributed by atoms with Crippen LogP contribution in [0.4, 0.5) is 5.69 Å². The van der Waals surface area contributed by atoms with Crippen LogP contribution >= 0.6 is 0 Å². The Morgan fingerprint density at radius 3 is 1.97 bits per heavy atom. The molecule has 0 unspecified atom stereocenters. The topological polar surface area (TPSA) is 78.0 Å².